The van der Waals surface area contributed by atoms with Gasteiger partial charge in [0.1, 0.15) is 11.5 Å². The SMILES string of the molecule is COc1cc(OC)c(NC(=O)N(S)c2ccc(C(N)=O)c(C)c2)cc1Cl. The highest BCUT2D eigenvalue weighted by molar-refractivity contribution is 7.82. The lowest BCUT2D eigenvalue weighted by molar-refractivity contribution is 0.0999. The van der Waals surface area contributed by atoms with Crippen molar-refractivity contribution in [3.05, 3.63) is 46.5 Å². The molecule has 0 bridgehead atoms. The molecular formula is C17H18ClN3O4S. The number of halogens is 1. The second-order valence-electron chi connectivity index (χ2n) is 5.29. The Kier molecular flexibility index (Phi) is 6.23. The van der Waals surface area contributed by atoms with Crippen LogP contribution >= 0.6 is 24.4 Å². The number of hydrogen-bond acceptors (Lipinski definition) is 5. The van der Waals surface area contributed by atoms with Crippen LogP contribution in [0.25, 0.3) is 0 Å². The molecule has 0 aliphatic rings. The maximum Gasteiger partial charge on any atom is 0.336 e. The molecule has 9 heteroatoms. The molecule has 0 saturated carbocycles. The van der Waals surface area contributed by atoms with Crippen molar-refractivity contribution >= 4 is 47.7 Å². The summed E-state index contributed by atoms with van der Waals surface area (Å²) in [6.45, 7) is 1.72. The molecule has 0 fully saturated rings. The van der Waals surface area contributed by atoms with E-state index in [1.165, 1.54) is 26.4 Å². The molecule has 2 aromatic carbocycles. The van der Waals surface area contributed by atoms with Crippen LogP contribution in [0.4, 0.5) is 16.2 Å². The largest absolute Gasteiger partial charge is 0.495 e. The average molecular weight is 396 g/mol. The second-order valence-corrected chi connectivity index (χ2v) is 6.10. The molecule has 0 aromatic heterocycles. The molecule has 3 amide bonds. The Labute approximate surface area is 161 Å². The predicted molar refractivity (Wildman–Crippen MR) is 105 cm³/mol. The van der Waals surface area contributed by atoms with Crippen molar-refractivity contribution in [3.63, 3.8) is 0 Å². The molecule has 2 rings (SSSR count). The number of carbonyl (C=O) groups is 2. The van der Waals surface area contributed by atoms with Crippen LogP contribution in [0.15, 0.2) is 30.3 Å². The number of nitrogens with two attached hydrogens (primary N) is 1. The highest BCUT2D eigenvalue weighted by atomic mass is 35.5. The van der Waals surface area contributed by atoms with Crippen LogP contribution in [0.5, 0.6) is 11.5 Å². The van der Waals surface area contributed by atoms with Gasteiger partial charge in [-0.1, -0.05) is 24.4 Å². The van der Waals surface area contributed by atoms with Gasteiger partial charge in [-0.05, 0) is 36.8 Å². The first-order chi connectivity index (χ1) is 12.3. The summed E-state index contributed by atoms with van der Waals surface area (Å²) < 4.78 is 11.5. The van der Waals surface area contributed by atoms with E-state index in [1.54, 1.807) is 25.1 Å². The van der Waals surface area contributed by atoms with Gasteiger partial charge in [-0.25, -0.2) is 9.10 Å². The lowest BCUT2D eigenvalue weighted by Crippen LogP contribution is -2.27. The number of urea groups is 1. The zero-order chi connectivity index (χ0) is 19.4. The molecule has 2 aromatic rings. The number of anilines is 2. The van der Waals surface area contributed by atoms with Crippen LogP contribution in [-0.4, -0.2) is 26.2 Å². The number of benzene rings is 2. The molecule has 3 N–H and O–H groups in total. The number of aryl methyl sites for hydroxylation is 1. The predicted octanol–water partition coefficient (Wildman–Crippen LogP) is 3.65. The zero-order valence-electron chi connectivity index (χ0n) is 14.4. The highest BCUT2D eigenvalue weighted by Crippen LogP contribution is 2.36. The third-order valence-corrected chi connectivity index (χ3v) is 4.34. The number of amides is 3. The Morgan fingerprint density at radius 1 is 1.15 bits per heavy atom. The van der Waals surface area contributed by atoms with E-state index in [1.807, 2.05) is 0 Å². The number of nitrogens with zero attached hydrogens (tertiary/aromatic N) is 1. The lowest BCUT2D eigenvalue weighted by Gasteiger charge is -2.19. The minimum absolute atomic E-state index is 0.316. The molecule has 7 nitrogen and oxygen atoms in total. The van der Waals surface area contributed by atoms with Crippen LogP contribution in [-0.2, 0) is 0 Å². The second kappa shape index (κ2) is 8.20. The van der Waals surface area contributed by atoms with E-state index < -0.39 is 11.9 Å². The Hall–Kier alpha value is -2.58. The molecule has 0 saturated heterocycles. The van der Waals surface area contributed by atoms with Gasteiger partial charge in [0, 0.05) is 11.6 Å². The van der Waals surface area contributed by atoms with Crippen molar-refractivity contribution < 1.29 is 19.1 Å². The van der Waals surface area contributed by atoms with E-state index in [0.717, 1.165) is 4.31 Å². The topological polar surface area (TPSA) is 93.9 Å². The fraction of sp³-hybridized carbons (Fsp3) is 0.176. The van der Waals surface area contributed by atoms with E-state index >= 15 is 0 Å². The third-order valence-electron chi connectivity index (χ3n) is 3.63. The quantitative estimate of drug-likeness (QED) is 0.673. The molecular weight excluding hydrogens is 378 g/mol. The van der Waals surface area contributed by atoms with Gasteiger partial charge in [-0.15, -0.1) is 0 Å². The first-order valence-corrected chi connectivity index (χ1v) is 8.18. The van der Waals surface area contributed by atoms with E-state index in [-0.39, 0.29) is 0 Å². The number of ether oxygens (including phenoxy) is 2. The maximum absolute atomic E-state index is 12.5. The van der Waals surface area contributed by atoms with Crippen LogP contribution < -0.4 is 24.8 Å². The minimum atomic E-state index is -0.543. The summed E-state index contributed by atoms with van der Waals surface area (Å²) in [4.78, 5) is 23.8. The minimum Gasteiger partial charge on any atom is -0.495 e. The van der Waals surface area contributed by atoms with E-state index in [4.69, 9.17) is 26.8 Å². The molecule has 0 atom stereocenters. The number of rotatable bonds is 5. The molecule has 0 heterocycles. The Bertz CT molecular complexity index is 860. The molecule has 0 spiro atoms. The van der Waals surface area contributed by atoms with Crippen molar-refractivity contribution in [2.75, 3.05) is 23.8 Å². The zero-order valence-corrected chi connectivity index (χ0v) is 16.0. The first kappa shape index (κ1) is 19.7. The highest BCUT2D eigenvalue weighted by Gasteiger charge is 2.18. The van der Waals surface area contributed by atoms with Gasteiger partial charge >= 0.3 is 6.03 Å². The molecule has 26 heavy (non-hydrogen) atoms. The number of primary amides is 1. The lowest BCUT2D eigenvalue weighted by atomic mass is 10.1. The Balaban J connectivity index is 2.26. The monoisotopic (exact) mass is 395 g/mol. The van der Waals surface area contributed by atoms with Crippen molar-refractivity contribution in [1.29, 1.82) is 0 Å². The fourth-order valence-electron chi connectivity index (χ4n) is 2.30. The standard InChI is InChI=1S/C17H18ClN3O4S/c1-9-6-10(4-5-11(9)16(19)22)21(26)17(23)20-13-7-12(18)14(24-2)8-15(13)25-3/h4-8,26H,1-3H3,(H2,19,22)(H,20,23). The number of nitrogens with one attached hydrogen (secondary N) is 1. The number of methoxy groups -OCH3 is 2. The molecule has 0 aliphatic carbocycles. The number of hydrogen-bond donors (Lipinski definition) is 3. The Morgan fingerprint density at radius 2 is 1.81 bits per heavy atom. The molecule has 138 valence electrons. The van der Waals surface area contributed by atoms with Crippen molar-refractivity contribution in [2.24, 2.45) is 5.73 Å². The third kappa shape index (κ3) is 4.14. The van der Waals surface area contributed by atoms with Gasteiger partial charge < -0.3 is 20.5 Å². The van der Waals surface area contributed by atoms with Crippen LogP contribution in [0.1, 0.15) is 15.9 Å². The summed E-state index contributed by atoms with van der Waals surface area (Å²) in [5.74, 6) is 0.255. The van der Waals surface area contributed by atoms with Crippen molar-refractivity contribution in [1.82, 2.24) is 0 Å². The summed E-state index contributed by atoms with van der Waals surface area (Å²) >= 11 is 10.3. The number of thiol groups is 1. The van der Waals surface area contributed by atoms with Gasteiger partial charge in [-0.2, -0.15) is 0 Å². The van der Waals surface area contributed by atoms with Gasteiger partial charge in [0.05, 0.1) is 30.6 Å². The average Bonchev–Trinajstić information content (AvgIpc) is 2.60. The molecule has 0 aliphatic heterocycles. The summed E-state index contributed by atoms with van der Waals surface area (Å²) in [7, 11) is 2.94. The van der Waals surface area contributed by atoms with Gasteiger partial charge in [0.2, 0.25) is 5.91 Å². The summed E-state index contributed by atoms with van der Waals surface area (Å²) in [6.07, 6.45) is 0. The number of carbonyl (C=O) groups excluding carboxylic acids is 2. The smallest absolute Gasteiger partial charge is 0.336 e. The first-order valence-electron chi connectivity index (χ1n) is 7.40. The van der Waals surface area contributed by atoms with Crippen molar-refractivity contribution in [3.8, 4) is 11.5 Å². The summed E-state index contributed by atoms with van der Waals surface area (Å²) in [6, 6.07) is 7.27. The van der Waals surface area contributed by atoms with Gasteiger partial charge in [-0.3, -0.25) is 4.79 Å². The Morgan fingerprint density at radius 3 is 2.35 bits per heavy atom. The summed E-state index contributed by atoms with van der Waals surface area (Å²) in [5.41, 5.74) is 7.11. The molecule has 0 unspecified atom stereocenters. The molecule has 0 radical (unpaired) electrons. The van der Waals surface area contributed by atoms with E-state index in [9.17, 15) is 9.59 Å². The van der Waals surface area contributed by atoms with E-state index in [2.05, 4.69) is 18.1 Å². The van der Waals surface area contributed by atoms with Gasteiger partial charge in [0.25, 0.3) is 0 Å². The maximum atomic E-state index is 12.5. The fourth-order valence-corrected chi connectivity index (χ4v) is 2.71. The van der Waals surface area contributed by atoms with E-state index in [0.29, 0.717) is 39.0 Å². The summed E-state index contributed by atoms with van der Waals surface area (Å²) in [5, 5.41) is 2.98. The van der Waals surface area contributed by atoms with Gasteiger partial charge in [0.15, 0.2) is 0 Å². The van der Waals surface area contributed by atoms with Crippen LogP contribution in [0.2, 0.25) is 5.02 Å². The van der Waals surface area contributed by atoms with Crippen molar-refractivity contribution in [2.45, 2.75) is 6.92 Å². The van der Waals surface area contributed by atoms with Crippen LogP contribution in [0.3, 0.4) is 0 Å². The normalized spacial score (nSPS) is 10.2. The van der Waals surface area contributed by atoms with Crippen LogP contribution in [0, 0.1) is 6.92 Å².